The number of nitrogens with zero attached hydrogens (tertiary/aromatic N) is 2. The normalized spacial score (nSPS) is 13.5. The molecule has 0 spiro atoms. The Morgan fingerprint density at radius 2 is 1.23 bits per heavy atom. The number of hydrogen-bond donors (Lipinski definition) is 0. The van der Waals surface area contributed by atoms with Gasteiger partial charge in [0.05, 0.1) is 21.3 Å². The molecule has 3 heterocycles. The summed E-state index contributed by atoms with van der Waals surface area (Å²) in [5.41, 5.74) is 18.0. The molecule has 0 unspecified atom stereocenters. The van der Waals surface area contributed by atoms with Crippen LogP contribution in [-0.2, 0) is 5.41 Å². The average Bonchev–Trinajstić information content (AvgIpc) is 3.62. The second-order valence-corrected chi connectivity index (χ2v) is 14.8. The van der Waals surface area contributed by atoms with Crippen molar-refractivity contribution >= 4 is 37.5 Å². The maximum absolute atomic E-state index is 6.75. The lowest BCUT2D eigenvalue weighted by atomic mass is 9.74. The third kappa shape index (κ3) is 4.15. The van der Waals surface area contributed by atoms with Crippen LogP contribution in [0.25, 0.3) is 59.6 Å². The van der Waals surface area contributed by atoms with Crippen molar-refractivity contribution in [3.63, 3.8) is 0 Å². The molecular weight excluding hydrogens is 605 g/mol. The average molecular weight is 641 g/mol. The van der Waals surface area contributed by atoms with Gasteiger partial charge in [-0.15, -0.1) is 0 Å². The van der Waals surface area contributed by atoms with Gasteiger partial charge in [-0.25, -0.2) is 4.98 Å². The number of imidazole rings is 1. The number of benzene rings is 6. The summed E-state index contributed by atoms with van der Waals surface area (Å²) >= 11 is 1.78. The molecule has 6 aromatic carbocycles. The van der Waals surface area contributed by atoms with Crippen molar-refractivity contribution in [2.45, 2.75) is 47.0 Å². The molecule has 1 aliphatic heterocycles. The standard InChI is InChI=1S/C44H36N2OS/c1-25-15-19-29(39-27(3)17-21-34-41(39)47-38-14-10-7-11-33(38)44(34,5)6)23-31(25)32-24-30(20-16-26(32)2)40-28(4)18-22-37-42(40)48-43-45-35-12-8-9-13-36(35)46(37)43/h7-24H,1-6H3. The van der Waals surface area contributed by atoms with Gasteiger partial charge in [0.2, 0.25) is 0 Å². The molecule has 0 saturated heterocycles. The molecule has 0 atom stereocenters. The molecule has 9 rings (SSSR count). The molecule has 0 bridgehead atoms. The number of aryl methyl sites for hydroxylation is 4. The highest BCUT2D eigenvalue weighted by molar-refractivity contribution is 7.24. The van der Waals surface area contributed by atoms with Crippen LogP contribution in [-0.4, -0.2) is 9.38 Å². The van der Waals surface area contributed by atoms with Gasteiger partial charge in [-0.3, -0.25) is 4.40 Å². The minimum atomic E-state index is -0.167. The highest BCUT2D eigenvalue weighted by atomic mass is 32.1. The highest BCUT2D eigenvalue weighted by Gasteiger charge is 2.36. The molecule has 0 aliphatic carbocycles. The first-order valence-corrected chi connectivity index (χ1v) is 17.5. The number of rotatable bonds is 3. The molecule has 234 valence electrons. The van der Waals surface area contributed by atoms with Gasteiger partial charge in [0, 0.05) is 27.7 Å². The molecule has 1 aliphatic rings. The zero-order chi connectivity index (χ0) is 32.9. The van der Waals surface area contributed by atoms with Gasteiger partial charge < -0.3 is 4.74 Å². The topological polar surface area (TPSA) is 26.5 Å². The van der Waals surface area contributed by atoms with E-state index >= 15 is 0 Å². The lowest BCUT2D eigenvalue weighted by molar-refractivity contribution is 0.419. The van der Waals surface area contributed by atoms with E-state index in [-0.39, 0.29) is 5.41 Å². The first kappa shape index (κ1) is 29.0. The van der Waals surface area contributed by atoms with Crippen molar-refractivity contribution in [2.24, 2.45) is 0 Å². The molecule has 0 amide bonds. The summed E-state index contributed by atoms with van der Waals surface area (Å²) < 4.78 is 10.3. The van der Waals surface area contributed by atoms with Crippen LogP contribution in [0.4, 0.5) is 0 Å². The van der Waals surface area contributed by atoms with E-state index < -0.39 is 0 Å². The number of aromatic nitrogens is 2. The van der Waals surface area contributed by atoms with E-state index in [1.165, 1.54) is 77.0 Å². The van der Waals surface area contributed by atoms with Gasteiger partial charge in [0.25, 0.3) is 0 Å². The number of para-hydroxylation sites is 3. The Morgan fingerprint density at radius 3 is 2.00 bits per heavy atom. The quantitative estimate of drug-likeness (QED) is 0.192. The van der Waals surface area contributed by atoms with Crippen LogP contribution in [0, 0.1) is 27.7 Å². The Kier molecular flexibility index (Phi) is 6.28. The second kappa shape index (κ2) is 10.4. The molecule has 0 saturated carbocycles. The van der Waals surface area contributed by atoms with E-state index in [4.69, 9.17) is 9.72 Å². The molecule has 8 aromatic rings. The van der Waals surface area contributed by atoms with Crippen molar-refractivity contribution in [1.82, 2.24) is 9.38 Å². The Bertz CT molecular complexity index is 2620. The van der Waals surface area contributed by atoms with Gasteiger partial charge in [0.15, 0.2) is 4.96 Å². The first-order valence-electron chi connectivity index (χ1n) is 16.6. The highest BCUT2D eigenvalue weighted by Crippen LogP contribution is 2.52. The first-order chi connectivity index (χ1) is 23.2. The van der Waals surface area contributed by atoms with E-state index in [2.05, 4.69) is 155 Å². The van der Waals surface area contributed by atoms with Gasteiger partial charge in [-0.05, 0) is 109 Å². The fraction of sp³-hybridized carbons (Fsp3) is 0.159. The van der Waals surface area contributed by atoms with Crippen LogP contribution < -0.4 is 4.74 Å². The van der Waals surface area contributed by atoms with Crippen LogP contribution >= 0.6 is 11.3 Å². The molecule has 4 heteroatoms. The van der Waals surface area contributed by atoms with Crippen molar-refractivity contribution in [3.8, 4) is 44.9 Å². The molecular formula is C44H36N2OS. The van der Waals surface area contributed by atoms with E-state index in [9.17, 15) is 0 Å². The van der Waals surface area contributed by atoms with Crippen LogP contribution in [0.1, 0.15) is 47.2 Å². The number of ether oxygens (including phenoxy) is 1. The predicted octanol–water partition coefficient (Wildman–Crippen LogP) is 12.4. The predicted molar refractivity (Wildman–Crippen MR) is 202 cm³/mol. The largest absolute Gasteiger partial charge is 0.456 e. The minimum absolute atomic E-state index is 0.167. The SMILES string of the molecule is Cc1ccc(-c2c(C)ccc3c2Oc2ccccc2C3(C)C)cc1-c1cc(-c2c(C)ccc3c2sc2nc4ccccc4n23)ccc1C. The maximum atomic E-state index is 6.75. The van der Waals surface area contributed by atoms with Crippen LogP contribution in [0.15, 0.2) is 109 Å². The Labute approximate surface area is 285 Å². The summed E-state index contributed by atoms with van der Waals surface area (Å²) in [6.07, 6.45) is 0. The molecule has 0 fully saturated rings. The summed E-state index contributed by atoms with van der Waals surface area (Å²) in [4.78, 5) is 6.01. The molecule has 0 N–H and O–H groups in total. The molecule has 0 radical (unpaired) electrons. The van der Waals surface area contributed by atoms with E-state index in [1.807, 2.05) is 0 Å². The Balaban J connectivity index is 1.21. The number of hydrogen-bond acceptors (Lipinski definition) is 3. The van der Waals surface area contributed by atoms with E-state index in [1.54, 1.807) is 11.3 Å². The zero-order valence-corrected chi connectivity index (χ0v) is 28.9. The minimum Gasteiger partial charge on any atom is -0.456 e. The number of thiazole rings is 1. The third-order valence-corrected chi connectivity index (χ3v) is 11.5. The van der Waals surface area contributed by atoms with Gasteiger partial charge in [-0.2, -0.15) is 0 Å². The molecule has 2 aromatic heterocycles. The fourth-order valence-electron chi connectivity index (χ4n) is 7.81. The van der Waals surface area contributed by atoms with Gasteiger partial charge in [0.1, 0.15) is 11.5 Å². The lowest BCUT2D eigenvalue weighted by Crippen LogP contribution is -2.24. The third-order valence-electron chi connectivity index (χ3n) is 10.5. The molecule has 48 heavy (non-hydrogen) atoms. The maximum Gasteiger partial charge on any atom is 0.195 e. The van der Waals surface area contributed by atoms with Crippen molar-refractivity contribution in [2.75, 3.05) is 0 Å². The van der Waals surface area contributed by atoms with Crippen molar-refractivity contribution in [1.29, 1.82) is 0 Å². The summed E-state index contributed by atoms with van der Waals surface area (Å²) in [6.45, 7) is 13.5. The second-order valence-electron chi connectivity index (χ2n) is 13.8. The number of fused-ring (bicyclic) bond motifs is 7. The van der Waals surface area contributed by atoms with E-state index in [0.717, 1.165) is 27.5 Å². The van der Waals surface area contributed by atoms with Gasteiger partial charge in [-0.1, -0.05) is 98.0 Å². The van der Waals surface area contributed by atoms with Crippen LogP contribution in [0.2, 0.25) is 0 Å². The fourth-order valence-corrected chi connectivity index (χ4v) is 9.06. The smallest absolute Gasteiger partial charge is 0.195 e. The van der Waals surface area contributed by atoms with Crippen LogP contribution in [0.3, 0.4) is 0 Å². The summed E-state index contributed by atoms with van der Waals surface area (Å²) in [7, 11) is 0. The summed E-state index contributed by atoms with van der Waals surface area (Å²) in [5.74, 6) is 1.91. The monoisotopic (exact) mass is 640 g/mol. The summed E-state index contributed by atoms with van der Waals surface area (Å²) in [5, 5.41) is 0. The zero-order valence-electron chi connectivity index (χ0n) is 28.1. The summed E-state index contributed by atoms with van der Waals surface area (Å²) in [6, 6.07) is 39.7. The van der Waals surface area contributed by atoms with E-state index in [0.29, 0.717) is 0 Å². The Hall–Kier alpha value is -5.19. The van der Waals surface area contributed by atoms with Crippen molar-refractivity contribution in [3.05, 3.63) is 143 Å². The van der Waals surface area contributed by atoms with Crippen molar-refractivity contribution < 1.29 is 4.74 Å². The Morgan fingerprint density at radius 1 is 0.604 bits per heavy atom. The van der Waals surface area contributed by atoms with Crippen LogP contribution in [0.5, 0.6) is 11.5 Å². The van der Waals surface area contributed by atoms with Gasteiger partial charge >= 0.3 is 0 Å². The molecule has 3 nitrogen and oxygen atoms in total. The lowest BCUT2D eigenvalue weighted by Gasteiger charge is -2.36.